The summed E-state index contributed by atoms with van der Waals surface area (Å²) < 4.78 is 0.997. The highest BCUT2D eigenvalue weighted by Crippen LogP contribution is 2.18. The molecule has 0 amide bonds. The largest absolute Gasteiger partial charge is 0.294 e. The number of hydrogen-bond acceptors (Lipinski definition) is 2. The zero-order chi connectivity index (χ0) is 9.14. The van der Waals surface area contributed by atoms with E-state index in [0.29, 0.717) is 6.42 Å². The Morgan fingerprint density at radius 3 is 2.83 bits per heavy atom. The SMILES string of the molecule is CCC(=O)c1cc(S)ccc1I. The van der Waals surface area contributed by atoms with Crippen molar-refractivity contribution in [2.75, 3.05) is 0 Å². The van der Waals surface area contributed by atoms with Gasteiger partial charge in [-0.15, -0.1) is 12.6 Å². The van der Waals surface area contributed by atoms with Crippen molar-refractivity contribution in [2.45, 2.75) is 18.2 Å². The van der Waals surface area contributed by atoms with Crippen molar-refractivity contribution >= 4 is 41.0 Å². The van der Waals surface area contributed by atoms with E-state index in [2.05, 4.69) is 35.2 Å². The van der Waals surface area contributed by atoms with Crippen molar-refractivity contribution in [3.05, 3.63) is 27.3 Å². The molecular formula is C9H9IOS. The van der Waals surface area contributed by atoms with Gasteiger partial charge in [-0.2, -0.15) is 0 Å². The lowest BCUT2D eigenvalue weighted by molar-refractivity contribution is 0.0987. The van der Waals surface area contributed by atoms with E-state index in [0.717, 1.165) is 14.0 Å². The molecule has 1 nitrogen and oxygen atoms in total. The first-order chi connectivity index (χ1) is 5.65. The van der Waals surface area contributed by atoms with E-state index >= 15 is 0 Å². The van der Waals surface area contributed by atoms with Crippen molar-refractivity contribution in [1.29, 1.82) is 0 Å². The van der Waals surface area contributed by atoms with Crippen molar-refractivity contribution in [3.8, 4) is 0 Å². The molecule has 0 radical (unpaired) electrons. The van der Waals surface area contributed by atoms with Crippen LogP contribution >= 0.6 is 35.2 Å². The fourth-order valence-corrected chi connectivity index (χ4v) is 1.76. The standard InChI is InChI=1S/C9H9IOS/c1-2-9(11)7-5-6(12)3-4-8(7)10/h3-5,12H,2H2,1H3. The van der Waals surface area contributed by atoms with Crippen LogP contribution in [0.5, 0.6) is 0 Å². The lowest BCUT2D eigenvalue weighted by atomic mass is 10.1. The third-order valence-electron chi connectivity index (χ3n) is 1.57. The first-order valence-corrected chi connectivity index (χ1v) is 5.19. The van der Waals surface area contributed by atoms with E-state index in [4.69, 9.17) is 0 Å². The van der Waals surface area contributed by atoms with E-state index in [9.17, 15) is 4.79 Å². The third-order valence-corrected chi connectivity index (χ3v) is 2.79. The molecule has 1 aromatic carbocycles. The molecule has 0 saturated heterocycles. The highest BCUT2D eigenvalue weighted by Gasteiger charge is 2.07. The van der Waals surface area contributed by atoms with Crippen LogP contribution in [-0.2, 0) is 0 Å². The van der Waals surface area contributed by atoms with Crippen LogP contribution in [0.4, 0.5) is 0 Å². The molecule has 0 aliphatic heterocycles. The summed E-state index contributed by atoms with van der Waals surface area (Å²) >= 11 is 6.34. The van der Waals surface area contributed by atoms with Crippen LogP contribution < -0.4 is 0 Å². The van der Waals surface area contributed by atoms with Crippen LogP contribution in [0.2, 0.25) is 0 Å². The number of rotatable bonds is 2. The lowest BCUT2D eigenvalue weighted by Gasteiger charge is -2.01. The fourth-order valence-electron chi connectivity index (χ4n) is 0.917. The van der Waals surface area contributed by atoms with Gasteiger partial charge in [-0.3, -0.25) is 4.79 Å². The summed E-state index contributed by atoms with van der Waals surface area (Å²) in [6, 6.07) is 5.61. The maximum atomic E-state index is 11.3. The number of hydrogen-bond donors (Lipinski definition) is 1. The smallest absolute Gasteiger partial charge is 0.163 e. The Hall–Kier alpha value is -0.0300. The van der Waals surface area contributed by atoms with Crippen LogP contribution in [0.25, 0.3) is 0 Å². The van der Waals surface area contributed by atoms with Crippen LogP contribution in [0.15, 0.2) is 23.1 Å². The molecule has 0 spiro atoms. The molecule has 0 aliphatic carbocycles. The fraction of sp³-hybridized carbons (Fsp3) is 0.222. The van der Waals surface area contributed by atoms with Crippen LogP contribution in [0.1, 0.15) is 23.7 Å². The molecule has 0 N–H and O–H groups in total. The number of ketones is 1. The molecule has 1 rings (SSSR count). The lowest BCUT2D eigenvalue weighted by Crippen LogP contribution is -1.99. The summed E-state index contributed by atoms with van der Waals surface area (Å²) in [5.41, 5.74) is 0.783. The molecule has 0 saturated carbocycles. The minimum atomic E-state index is 0.176. The van der Waals surface area contributed by atoms with E-state index in [1.807, 2.05) is 25.1 Å². The van der Waals surface area contributed by atoms with E-state index < -0.39 is 0 Å². The van der Waals surface area contributed by atoms with Gasteiger partial charge in [0.15, 0.2) is 5.78 Å². The van der Waals surface area contributed by atoms with Crippen LogP contribution in [-0.4, -0.2) is 5.78 Å². The topological polar surface area (TPSA) is 17.1 Å². The predicted octanol–water partition coefficient (Wildman–Crippen LogP) is 3.17. The van der Waals surface area contributed by atoms with Gasteiger partial charge in [0.05, 0.1) is 0 Å². The predicted molar refractivity (Wildman–Crippen MR) is 61.0 cm³/mol. The Bertz CT molecular complexity index is 309. The minimum Gasteiger partial charge on any atom is -0.294 e. The minimum absolute atomic E-state index is 0.176. The monoisotopic (exact) mass is 292 g/mol. The van der Waals surface area contributed by atoms with Crippen molar-refractivity contribution < 1.29 is 4.79 Å². The molecule has 0 bridgehead atoms. The van der Waals surface area contributed by atoms with Gasteiger partial charge in [-0.05, 0) is 40.8 Å². The average molecular weight is 292 g/mol. The molecule has 0 aromatic heterocycles. The Morgan fingerprint density at radius 2 is 2.25 bits per heavy atom. The molecule has 0 heterocycles. The van der Waals surface area contributed by atoms with Crippen molar-refractivity contribution in [2.24, 2.45) is 0 Å². The maximum absolute atomic E-state index is 11.3. The molecule has 3 heteroatoms. The summed E-state index contributed by atoms with van der Waals surface area (Å²) in [6.07, 6.45) is 0.549. The van der Waals surface area contributed by atoms with E-state index in [-0.39, 0.29) is 5.78 Å². The van der Waals surface area contributed by atoms with Gasteiger partial charge in [0.1, 0.15) is 0 Å². The van der Waals surface area contributed by atoms with Crippen molar-refractivity contribution in [1.82, 2.24) is 0 Å². The van der Waals surface area contributed by atoms with Gasteiger partial charge < -0.3 is 0 Å². The Morgan fingerprint density at radius 1 is 1.58 bits per heavy atom. The highest BCUT2D eigenvalue weighted by atomic mass is 127. The number of thiol groups is 1. The first kappa shape index (κ1) is 10.1. The number of carbonyl (C=O) groups excluding carboxylic acids is 1. The summed E-state index contributed by atoms with van der Waals surface area (Å²) in [5, 5.41) is 0. The molecule has 0 aliphatic rings. The second-order valence-corrected chi connectivity index (χ2v) is 4.12. The normalized spacial score (nSPS) is 9.92. The molecule has 64 valence electrons. The Kier molecular flexibility index (Phi) is 3.58. The molecule has 0 unspecified atom stereocenters. The van der Waals surface area contributed by atoms with Crippen molar-refractivity contribution in [3.63, 3.8) is 0 Å². The van der Waals surface area contributed by atoms with Crippen LogP contribution in [0.3, 0.4) is 0 Å². The van der Waals surface area contributed by atoms with Gasteiger partial charge in [-0.25, -0.2) is 0 Å². The molecular weight excluding hydrogens is 283 g/mol. The second kappa shape index (κ2) is 4.28. The van der Waals surface area contributed by atoms with Gasteiger partial charge >= 0.3 is 0 Å². The zero-order valence-corrected chi connectivity index (χ0v) is 9.72. The summed E-state index contributed by atoms with van der Waals surface area (Å²) in [4.78, 5) is 12.2. The average Bonchev–Trinajstić information content (AvgIpc) is 2.08. The van der Waals surface area contributed by atoms with E-state index in [1.54, 1.807) is 0 Å². The van der Waals surface area contributed by atoms with Crippen LogP contribution in [0, 0.1) is 3.57 Å². The Balaban J connectivity index is 3.13. The van der Waals surface area contributed by atoms with Gasteiger partial charge in [0.25, 0.3) is 0 Å². The van der Waals surface area contributed by atoms with E-state index in [1.165, 1.54) is 0 Å². The third kappa shape index (κ3) is 2.23. The first-order valence-electron chi connectivity index (χ1n) is 3.67. The molecule has 0 atom stereocenters. The van der Waals surface area contributed by atoms with Gasteiger partial charge in [0, 0.05) is 20.4 Å². The summed E-state index contributed by atoms with van der Waals surface area (Å²) in [7, 11) is 0. The maximum Gasteiger partial charge on any atom is 0.163 e. The quantitative estimate of drug-likeness (QED) is 0.503. The zero-order valence-electron chi connectivity index (χ0n) is 6.67. The van der Waals surface area contributed by atoms with Gasteiger partial charge in [-0.1, -0.05) is 6.92 Å². The van der Waals surface area contributed by atoms with Gasteiger partial charge in [0.2, 0.25) is 0 Å². The number of halogens is 1. The summed E-state index contributed by atoms with van der Waals surface area (Å²) in [5.74, 6) is 0.176. The molecule has 1 aromatic rings. The Labute approximate surface area is 91.1 Å². The number of Topliss-reactive ketones (excluding diaryl/α,β-unsaturated/α-hetero) is 1. The summed E-state index contributed by atoms with van der Waals surface area (Å²) in [6.45, 7) is 1.86. The number of carbonyl (C=O) groups is 1. The molecule has 0 fully saturated rings. The second-order valence-electron chi connectivity index (χ2n) is 2.44. The number of benzene rings is 1. The molecule has 12 heavy (non-hydrogen) atoms. The highest BCUT2D eigenvalue weighted by molar-refractivity contribution is 14.1.